The Kier molecular flexibility index (Phi) is 6.35. The van der Waals surface area contributed by atoms with Crippen LogP contribution in [0.1, 0.15) is 35.7 Å². The van der Waals surface area contributed by atoms with Crippen molar-refractivity contribution in [2.24, 2.45) is 5.73 Å². The summed E-state index contributed by atoms with van der Waals surface area (Å²) >= 11 is 0. The molecule has 2 amide bonds. The molecular weight excluding hydrogens is 460 g/mol. The third-order valence-electron chi connectivity index (χ3n) is 6.18. The summed E-state index contributed by atoms with van der Waals surface area (Å²) in [5, 5.41) is 8.66. The van der Waals surface area contributed by atoms with Gasteiger partial charge in [0, 0.05) is 18.7 Å². The van der Waals surface area contributed by atoms with Crippen LogP contribution in [0.4, 0.5) is 10.6 Å². The van der Waals surface area contributed by atoms with Crippen LogP contribution in [0.5, 0.6) is 11.5 Å². The van der Waals surface area contributed by atoms with Crippen molar-refractivity contribution in [3.05, 3.63) is 72.8 Å². The molecule has 1 atom stereocenters. The van der Waals surface area contributed by atoms with Gasteiger partial charge in [0.05, 0.1) is 6.04 Å². The third-order valence-corrected chi connectivity index (χ3v) is 6.18. The molecule has 3 heterocycles. The number of likely N-dealkylation sites (tertiary alicyclic amines) is 1. The van der Waals surface area contributed by atoms with E-state index in [0.29, 0.717) is 30.1 Å². The summed E-state index contributed by atoms with van der Waals surface area (Å²) in [6.45, 7) is 0.945. The summed E-state index contributed by atoms with van der Waals surface area (Å²) in [5.74, 6) is 0.878. The molecule has 184 valence electrons. The molecule has 1 aliphatic heterocycles. The lowest BCUT2D eigenvalue weighted by atomic mass is 10.1. The van der Waals surface area contributed by atoms with E-state index in [0.717, 1.165) is 25.0 Å². The Labute approximate surface area is 207 Å². The summed E-state index contributed by atoms with van der Waals surface area (Å²) < 4.78 is 8.68. The molecule has 1 unspecified atom stereocenters. The monoisotopic (exact) mass is 486 g/mol. The molecular formula is C25H26N8O3. The van der Waals surface area contributed by atoms with E-state index in [1.165, 1.54) is 17.3 Å². The topological polar surface area (TPSA) is 147 Å². The summed E-state index contributed by atoms with van der Waals surface area (Å²) in [6.07, 6.45) is 5.14. The Bertz CT molecular complexity index is 1350. The first-order valence-corrected chi connectivity index (χ1v) is 11.7. The highest BCUT2D eigenvalue weighted by Gasteiger charge is 2.29. The summed E-state index contributed by atoms with van der Waals surface area (Å²) in [7, 11) is 0. The van der Waals surface area contributed by atoms with Gasteiger partial charge >= 0.3 is 6.03 Å². The molecule has 0 saturated carbocycles. The average molecular weight is 487 g/mol. The number of nitrogens with two attached hydrogens (primary N) is 2. The van der Waals surface area contributed by atoms with E-state index in [2.05, 4.69) is 10.1 Å². The van der Waals surface area contributed by atoms with Crippen molar-refractivity contribution in [1.82, 2.24) is 29.4 Å². The van der Waals surface area contributed by atoms with Crippen LogP contribution in [0.15, 0.2) is 67.3 Å². The zero-order valence-electron chi connectivity index (χ0n) is 19.5. The molecule has 0 aliphatic carbocycles. The number of rotatable bonds is 5. The van der Waals surface area contributed by atoms with Crippen LogP contribution in [-0.4, -0.2) is 54.5 Å². The minimum atomic E-state index is -0.664. The molecule has 4 N–H and O–H groups in total. The van der Waals surface area contributed by atoms with E-state index in [4.69, 9.17) is 21.3 Å². The van der Waals surface area contributed by atoms with Crippen molar-refractivity contribution in [2.75, 3.05) is 18.8 Å². The minimum absolute atomic E-state index is 0.158. The number of anilines is 1. The van der Waals surface area contributed by atoms with Gasteiger partial charge in [-0.05, 0) is 55.7 Å². The predicted octanol–water partition coefficient (Wildman–Crippen LogP) is 3.31. The molecule has 5 rings (SSSR count). The molecule has 0 spiro atoms. The van der Waals surface area contributed by atoms with Crippen LogP contribution in [0.2, 0.25) is 0 Å². The number of benzene rings is 2. The number of ether oxygens (including phenoxy) is 1. The molecule has 2 aromatic carbocycles. The Balaban J connectivity index is 1.43. The van der Waals surface area contributed by atoms with Gasteiger partial charge in [-0.3, -0.25) is 4.79 Å². The zero-order chi connectivity index (χ0) is 25.1. The highest BCUT2D eigenvalue weighted by molar-refractivity contribution is 6.03. The Morgan fingerprint density at radius 3 is 2.44 bits per heavy atom. The first-order chi connectivity index (χ1) is 17.5. The number of hydrogen-bond acceptors (Lipinski definition) is 7. The second-order valence-corrected chi connectivity index (χ2v) is 8.58. The van der Waals surface area contributed by atoms with Crippen molar-refractivity contribution in [2.45, 2.75) is 25.3 Å². The van der Waals surface area contributed by atoms with E-state index in [1.807, 2.05) is 42.5 Å². The number of carbonyl (C=O) groups is 2. The van der Waals surface area contributed by atoms with E-state index in [1.54, 1.807) is 21.7 Å². The lowest BCUT2D eigenvalue weighted by Crippen LogP contribution is -2.38. The quantitative estimate of drug-likeness (QED) is 0.440. The fourth-order valence-electron chi connectivity index (χ4n) is 4.42. The van der Waals surface area contributed by atoms with Gasteiger partial charge in [-0.25, -0.2) is 14.5 Å². The highest BCUT2D eigenvalue weighted by atomic mass is 16.5. The van der Waals surface area contributed by atoms with E-state index < -0.39 is 5.91 Å². The van der Waals surface area contributed by atoms with Gasteiger partial charge in [0.1, 0.15) is 41.2 Å². The van der Waals surface area contributed by atoms with Crippen LogP contribution in [-0.2, 0) is 0 Å². The van der Waals surface area contributed by atoms with Gasteiger partial charge in [-0.15, -0.1) is 0 Å². The van der Waals surface area contributed by atoms with Crippen molar-refractivity contribution >= 4 is 17.8 Å². The van der Waals surface area contributed by atoms with Gasteiger partial charge in [-0.2, -0.15) is 14.9 Å². The Morgan fingerprint density at radius 2 is 1.75 bits per heavy atom. The number of aromatic nitrogens is 5. The van der Waals surface area contributed by atoms with E-state index in [-0.39, 0.29) is 23.5 Å². The van der Waals surface area contributed by atoms with Crippen LogP contribution in [0.25, 0.3) is 11.3 Å². The lowest BCUT2D eigenvalue weighted by Gasteiger charge is -2.24. The third kappa shape index (κ3) is 4.63. The van der Waals surface area contributed by atoms with Gasteiger partial charge in [0.15, 0.2) is 0 Å². The molecule has 2 aromatic heterocycles. The molecule has 0 radical (unpaired) electrons. The van der Waals surface area contributed by atoms with Crippen molar-refractivity contribution < 1.29 is 14.3 Å². The maximum atomic E-state index is 12.9. The first-order valence-electron chi connectivity index (χ1n) is 11.7. The van der Waals surface area contributed by atoms with Crippen molar-refractivity contribution in [1.29, 1.82) is 0 Å². The van der Waals surface area contributed by atoms with Crippen LogP contribution < -0.4 is 16.2 Å². The van der Waals surface area contributed by atoms with Gasteiger partial charge in [0.2, 0.25) is 0 Å². The average Bonchev–Trinajstić information content (AvgIpc) is 3.47. The number of nitrogen functional groups attached to an aromatic ring is 1. The summed E-state index contributed by atoms with van der Waals surface area (Å²) in [5.41, 5.74) is 13.4. The fraction of sp³-hybridized carbons (Fsp3) is 0.240. The predicted molar refractivity (Wildman–Crippen MR) is 132 cm³/mol. The maximum Gasteiger partial charge on any atom is 0.346 e. The number of nitrogens with zero attached hydrogens (tertiary/aromatic N) is 6. The smallest absolute Gasteiger partial charge is 0.346 e. The van der Waals surface area contributed by atoms with Crippen molar-refractivity contribution in [3.8, 4) is 22.8 Å². The van der Waals surface area contributed by atoms with E-state index in [9.17, 15) is 9.59 Å². The lowest BCUT2D eigenvalue weighted by molar-refractivity contribution is 0.100. The number of para-hydroxylation sites is 1. The molecule has 11 nitrogen and oxygen atoms in total. The van der Waals surface area contributed by atoms with Crippen molar-refractivity contribution in [3.63, 3.8) is 0 Å². The van der Waals surface area contributed by atoms with Gasteiger partial charge < -0.3 is 21.1 Å². The molecule has 11 heteroatoms. The Morgan fingerprint density at radius 1 is 1.00 bits per heavy atom. The molecule has 1 aliphatic rings. The molecule has 0 bridgehead atoms. The largest absolute Gasteiger partial charge is 0.457 e. The summed E-state index contributed by atoms with van der Waals surface area (Å²) in [4.78, 5) is 30.8. The minimum Gasteiger partial charge on any atom is -0.457 e. The zero-order valence-corrected chi connectivity index (χ0v) is 19.5. The summed E-state index contributed by atoms with van der Waals surface area (Å²) in [6, 6.07) is 16.2. The van der Waals surface area contributed by atoms with Gasteiger partial charge in [0.25, 0.3) is 5.91 Å². The van der Waals surface area contributed by atoms with E-state index >= 15 is 0 Å². The second kappa shape index (κ2) is 9.90. The number of carbonyl (C=O) groups excluding carboxylic acids is 2. The maximum absolute atomic E-state index is 12.9. The fourth-order valence-corrected chi connectivity index (χ4v) is 4.42. The molecule has 1 fully saturated rings. The Hall–Kier alpha value is -4.67. The molecule has 1 saturated heterocycles. The molecule has 36 heavy (non-hydrogen) atoms. The SMILES string of the molecule is NC(=O)c1c(-c2ccc(Oc3ccccc3)cc2)nn(C2CCCCN(C(=O)n3cncn3)C2)c1N. The van der Waals surface area contributed by atoms with Crippen LogP contribution in [0.3, 0.4) is 0 Å². The van der Waals surface area contributed by atoms with Gasteiger partial charge in [-0.1, -0.05) is 18.2 Å². The number of primary amides is 1. The highest BCUT2D eigenvalue weighted by Crippen LogP contribution is 2.33. The first kappa shape index (κ1) is 23.1. The number of amides is 2. The van der Waals surface area contributed by atoms with Crippen LogP contribution in [0, 0.1) is 0 Å². The second-order valence-electron chi connectivity index (χ2n) is 8.58. The molecule has 4 aromatic rings. The standard InChI is InChI=1S/C25H26N8O3/c26-23-21(24(27)34)22(17-9-11-20(12-10-17)36-19-7-2-1-3-8-19)30-33(23)18-6-4-5-13-31(14-18)25(35)32-16-28-15-29-32/h1-3,7-12,15-16,18H,4-6,13-14,26H2,(H2,27,34). The van der Waals surface area contributed by atoms with Crippen LogP contribution >= 0.6 is 0 Å². The number of hydrogen-bond donors (Lipinski definition) is 2. The normalized spacial score (nSPS) is 15.9.